The molecule has 182 valence electrons. The van der Waals surface area contributed by atoms with Crippen molar-refractivity contribution in [3.63, 3.8) is 0 Å². The van der Waals surface area contributed by atoms with Gasteiger partial charge in [0.15, 0.2) is 0 Å². The van der Waals surface area contributed by atoms with E-state index in [1.807, 2.05) is 30.3 Å². The number of fused-ring (bicyclic) bond motifs is 1. The molecule has 0 aliphatic carbocycles. The first-order chi connectivity index (χ1) is 16.6. The van der Waals surface area contributed by atoms with Crippen LogP contribution in [0.25, 0.3) is 0 Å². The van der Waals surface area contributed by atoms with E-state index < -0.39 is 12.0 Å². The van der Waals surface area contributed by atoms with Gasteiger partial charge >= 0.3 is 5.97 Å². The first kappa shape index (κ1) is 24.2. The molecule has 1 saturated heterocycles. The molecule has 2 aromatic rings. The third kappa shape index (κ3) is 6.79. The van der Waals surface area contributed by atoms with Gasteiger partial charge in [0.25, 0.3) is 0 Å². The monoisotopic (exact) mass is 464 g/mol. The summed E-state index contributed by atoms with van der Waals surface area (Å²) in [7, 11) is 0. The predicted octanol–water partition coefficient (Wildman–Crippen LogP) is 3.81. The van der Waals surface area contributed by atoms with E-state index in [0.717, 1.165) is 81.8 Å². The fraction of sp³-hybridized carbons (Fsp3) is 0.519. The third-order valence-electron chi connectivity index (χ3n) is 6.88. The van der Waals surface area contributed by atoms with Gasteiger partial charge in [0.05, 0.1) is 18.4 Å². The van der Waals surface area contributed by atoms with E-state index in [-0.39, 0.29) is 18.2 Å². The van der Waals surface area contributed by atoms with E-state index >= 15 is 0 Å². The maximum absolute atomic E-state index is 13.0. The van der Waals surface area contributed by atoms with Crippen molar-refractivity contribution in [1.82, 2.24) is 15.2 Å². The molecule has 1 unspecified atom stereocenters. The van der Waals surface area contributed by atoms with E-state index in [1.54, 1.807) is 0 Å². The number of nitrogens with zero attached hydrogens (tertiary/aromatic N) is 2. The minimum atomic E-state index is -0.913. The lowest BCUT2D eigenvalue weighted by atomic mass is 9.95. The fourth-order valence-corrected chi connectivity index (χ4v) is 5.02. The topological polar surface area (TPSA) is 94.6 Å². The summed E-state index contributed by atoms with van der Waals surface area (Å²) < 4.78 is 0. The van der Waals surface area contributed by atoms with Gasteiger partial charge < -0.3 is 20.6 Å². The quantitative estimate of drug-likeness (QED) is 0.463. The zero-order valence-corrected chi connectivity index (χ0v) is 19.8. The lowest BCUT2D eigenvalue weighted by Crippen LogP contribution is -2.44. The maximum atomic E-state index is 13.0. The highest BCUT2D eigenvalue weighted by Crippen LogP contribution is 2.23. The zero-order valence-electron chi connectivity index (χ0n) is 19.8. The van der Waals surface area contributed by atoms with Gasteiger partial charge in [0.1, 0.15) is 5.82 Å². The molecule has 2 aliphatic rings. The minimum Gasteiger partial charge on any atom is -0.481 e. The van der Waals surface area contributed by atoms with Crippen molar-refractivity contribution >= 4 is 17.7 Å². The highest BCUT2D eigenvalue weighted by Gasteiger charge is 2.28. The Morgan fingerprint density at radius 1 is 1.15 bits per heavy atom. The van der Waals surface area contributed by atoms with Gasteiger partial charge in [-0.05, 0) is 75.2 Å². The number of amides is 1. The number of piperidine rings is 1. The number of unbranched alkanes of at least 4 members (excludes halogenated alkanes) is 1. The molecule has 2 atom stereocenters. The van der Waals surface area contributed by atoms with Crippen LogP contribution in [0.2, 0.25) is 0 Å². The van der Waals surface area contributed by atoms with Crippen LogP contribution in [-0.4, -0.2) is 53.0 Å². The molecule has 3 heterocycles. The van der Waals surface area contributed by atoms with Gasteiger partial charge in [-0.1, -0.05) is 36.4 Å². The number of anilines is 1. The van der Waals surface area contributed by atoms with E-state index in [4.69, 9.17) is 4.98 Å². The van der Waals surface area contributed by atoms with Gasteiger partial charge in [-0.3, -0.25) is 9.59 Å². The lowest BCUT2D eigenvalue weighted by Gasteiger charge is -2.33. The molecule has 4 rings (SSSR count). The van der Waals surface area contributed by atoms with Crippen LogP contribution in [0.1, 0.15) is 61.4 Å². The first-order valence-corrected chi connectivity index (χ1v) is 12.6. The SMILES string of the molecule is O=C(O)CC(NC(=O)[C@H]1CCCN(CCCCc2ccc3c(n2)NCCC3)C1)c1ccccc1. The van der Waals surface area contributed by atoms with Crippen molar-refractivity contribution in [2.45, 2.75) is 57.4 Å². The van der Waals surface area contributed by atoms with Gasteiger partial charge in [0.2, 0.25) is 5.91 Å². The number of likely N-dealkylation sites (tertiary alicyclic amines) is 1. The summed E-state index contributed by atoms with van der Waals surface area (Å²) in [5, 5.41) is 15.7. The molecule has 0 radical (unpaired) electrons. The molecule has 2 aliphatic heterocycles. The Labute approximate surface area is 202 Å². The molecule has 0 spiro atoms. The minimum absolute atomic E-state index is 0.0365. The Hall–Kier alpha value is -2.93. The van der Waals surface area contributed by atoms with Crippen LogP contribution < -0.4 is 10.6 Å². The largest absolute Gasteiger partial charge is 0.481 e. The maximum Gasteiger partial charge on any atom is 0.305 e. The Morgan fingerprint density at radius 2 is 2.00 bits per heavy atom. The van der Waals surface area contributed by atoms with Crippen LogP contribution in [0, 0.1) is 5.92 Å². The molecule has 1 fully saturated rings. The number of pyridine rings is 1. The summed E-state index contributed by atoms with van der Waals surface area (Å²) in [5.74, 6) is 0.0154. The van der Waals surface area contributed by atoms with E-state index in [2.05, 4.69) is 27.7 Å². The number of carbonyl (C=O) groups excluding carboxylic acids is 1. The van der Waals surface area contributed by atoms with E-state index in [0.29, 0.717) is 0 Å². The number of hydrogen-bond donors (Lipinski definition) is 3. The highest BCUT2D eigenvalue weighted by atomic mass is 16.4. The Morgan fingerprint density at radius 3 is 2.82 bits per heavy atom. The number of benzene rings is 1. The number of carboxylic acids is 1. The Balaban J connectivity index is 1.23. The molecule has 3 N–H and O–H groups in total. The molecular formula is C27H36N4O3. The number of aliphatic carboxylic acids is 1. The highest BCUT2D eigenvalue weighted by molar-refractivity contribution is 5.80. The number of aromatic nitrogens is 1. The van der Waals surface area contributed by atoms with Crippen molar-refractivity contribution in [3.8, 4) is 0 Å². The van der Waals surface area contributed by atoms with Gasteiger partial charge in [-0.15, -0.1) is 0 Å². The van der Waals surface area contributed by atoms with Crippen LogP contribution in [0.5, 0.6) is 0 Å². The number of aryl methyl sites for hydroxylation is 2. The molecule has 1 aromatic heterocycles. The van der Waals surface area contributed by atoms with Crippen LogP contribution in [0.4, 0.5) is 5.82 Å². The second-order valence-electron chi connectivity index (χ2n) is 9.51. The molecule has 7 nitrogen and oxygen atoms in total. The normalized spacial score (nSPS) is 19.0. The second kappa shape index (κ2) is 12.0. The number of carboxylic acid groups (broad SMARTS) is 1. The fourth-order valence-electron chi connectivity index (χ4n) is 5.02. The number of rotatable bonds is 10. The zero-order chi connectivity index (χ0) is 23.8. The molecule has 1 amide bonds. The molecule has 0 saturated carbocycles. The van der Waals surface area contributed by atoms with Crippen molar-refractivity contribution in [2.24, 2.45) is 5.92 Å². The first-order valence-electron chi connectivity index (χ1n) is 12.6. The standard InChI is InChI=1S/C27H36N4O3/c32-25(33)18-24(20-8-2-1-3-9-20)30-27(34)22-11-7-17-31(19-22)16-5-4-12-23-14-13-21-10-6-15-28-26(21)29-23/h1-3,8-9,13-14,22,24H,4-7,10-12,15-19H2,(H,28,29)(H,30,34)(H,32,33)/t22-,24?/m0/s1. The van der Waals surface area contributed by atoms with Crippen molar-refractivity contribution in [1.29, 1.82) is 0 Å². The van der Waals surface area contributed by atoms with E-state index in [9.17, 15) is 14.7 Å². The predicted molar refractivity (Wildman–Crippen MR) is 133 cm³/mol. The summed E-state index contributed by atoms with van der Waals surface area (Å²) in [4.78, 5) is 31.5. The van der Waals surface area contributed by atoms with Crippen LogP contribution >= 0.6 is 0 Å². The summed E-state index contributed by atoms with van der Waals surface area (Å²) >= 11 is 0. The average molecular weight is 465 g/mol. The summed E-state index contributed by atoms with van der Waals surface area (Å²) in [6.07, 6.45) is 7.14. The average Bonchev–Trinajstić information content (AvgIpc) is 2.86. The molecule has 7 heteroatoms. The Bertz CT molecular complexity index is 966. The molecular weight excluding hydrogens is 428 g/mol. The molecule has 1 aromatic carbocycles. The smallest absolute Gasteiger partial charge is 0.305 e. The van der Waals surface area contributed by atoms with E-state index in [1.165, 1.54) is 12.0 Å². The van der Waals surface area contributed by atoms with Gasteiger partial charge in [-0.25, -0.2) is 4.98 Å². The lowest BCUT2D eigenvalue weighted by molar-refractivity contribution is -0.138. The van der Waals surface area contributed by atoms with Crippen LogP contribution in [-0.2, 0) is 22.4 Å². The summed E-state index contributed by atoms with van der Waals surface area (Å²) in [5.41, 5.74) is 3.30. The summed E-state index contributed by atoms with van der Waals surface area (Å²) in [6.45, 7) is 3.74. The number of nitrogens with one attached hydrogen (secondary N) is 2. The number of hydrogen-bond acceptors (Lipinski definition) is 5. The number of carbonyl (C=O) groups is 2. The van der Waals surface area contributed by atoms with Crippen LogP contribution in [0.15, 0.2) is 42.5 Å². The van der Waals surface area contributed by atoms with Crippen molar-refractivity contribution in [2.75, 3.05) is 31.5 Å². The van der Waals surface area contributed by atoms with Crippen LogP contribution in [0.3, 0.4) is 0 Å². The van der Waals surface area contributed by atoms with Gasteiger partial charge in [-0.2, -0.15) is 0 Å². The van der Waals surface area contributed by atoms with Crippen molar-refractivity contribution in [3.05, 3.63) is 59.3 Å². The Kier molecular flexibility index (Phi) is 8.52. The third-order valence-corrected chi connectivity index (χ3v) is 6.88. The van der Waals surface area contributed by atoms with Gasteiger partial charge in [0, 0.05) is 18.8 Å². The summed E-state index contributed by atoms with van der Waals surface area (Å²) in [6, 6.07) is 13.2. The molecule has 0 bridgehead atoms. The van der Waals surface area contributed by atoms with Crippen molar-refractivity contribution < 1.29 is 14.7 Å². The second-order valence-corrected chi connectivity index (χ2v) is 9.51. The molecule has 34 heavy (non-hydrogen) atoms.